The van der Waals surface area contributed by atoms with Crippen molar-refractivity contribution in [2.24, 2.45) is 0 Å². The number of methoxy groups -OCH3 is 2. The zero-order valence-corrected chi connectivity index (χ0v) is 20.5. The maximum Gasteiger partial charge on any atom is 0.232 e. The van der Waals surface area contributed by atoms with Crippen LogP contribution in [0.2, 0.25) is 0 Å². The molecule has 2 heterocycles. The normalized spacial score (nSPS) is 14.2. The molecule has 0 bridgehead atoms. The Morgan fingerprint density at radius 2 is 1.82 bits per heavy atom. The van der Waals surface area contributed by atoms with E-state index in [2.05, 4.69) is 4.90 Å². The fourth-order valence-corrected chi connectivity index (χ4v) is 5.02. The molecule has 9 heteroatoms. The van der Waals surface area contributed by atoms with E-state index in [-0.39, 0.29) is 12.3 Å². The van der Waals surface area contributed by atoms with Gasteiger partial charge in [-0.1, -0.05) is 29.5 Å². The highest BCUT2D eigenvalue weighted by Crippen LogP contribution is 2.40. The minimum absolute atomic E-state index is 0.0186. The fourth-order valence-electron chi connectivity index (χ4n) is 3.90. The van der Waals surface area contributed by atoms with Gasteiger partial charge in [-0.3, -0.25) is 14.6 Å². The lowest BCUT2D eigenvalue weighted by Gasteiger charge is -2.27. The number of anilines is 1. The van der Waals surface area contributed by atoms with Crippen molar-refractivity contribution in [3.63, 3.8) is 0 Å². The number of aromatic nitrogens is 1. The second-order valence-electron chi connectivity index (χ2n) is 7.91. The van der Waals surface area contributed by atoms with E-state index >= 15 is 0 Å². The Morgan fingerprint density at radius 1 is 1.09 bits per heavy atom. The van der Waals surface area contributed by atoms with Gasteiger partial charge < -0.3 is 18.9 Å². The van der Waals surface area contributed by atoms with Gasteiger partial charge in [-0.05, 0) is 30.7 Å². The standard InChI is InChI=1S/C25H31N3O5S/c1-30-20-9-10-21(31-2)24-23(20)26-25(34-24)28(13-6-12-27-14-17-32-18-15-27)22(29)11-16-33-19-7-4-3-5-8-19/h3-5,7-10H,6,11-18H2,1-2H3. The molecule has 1 aliphatic heterocycles. The number of ether oxygens (including phenoxy) is 4. The van der Waals surface area contributed by atoms with E-state index in [1.165, 1.54) is 11.3 Å². The number of hydrogen-bond donors (Lipinski definition) is 0. The maximum absolute atomic E-state index is 13.3. The van der Waals surface area contributed by atoms with Crippen LogP contribution in [0.3, 0.4) is 0 Å². The van der Waals surface area contributed by atoms with Gasteiger partial charge in [0, 0.05) is 26.2 Å². The minimum atomic E-state index is -0.0186. The van der Waals surface area contributed by atoms with Gasteiger partial charge in [0.25, 0.3) is 0 Å². The van der Waals surface area contributed by atoms with Gasteiger partial charge in [-0.2, -0.15) is 0 Å². The first kappa shape index (κ1) is 24.3. The Hall–Kier alpha value is -2.88. The number of hydrogen-bond acceptors (Lipinski definition) is 8. The molecule has 1 aliphatic rings. The van der Waals surface area contributed by atoms with Crippen LogP contribution in [0.15, 0.2) is 42.5 Å². The number of morpholine rings is 1. The molecule has 0 unspecified atom stereocenters. The fraction of sp³-hybridized carbons (Fsp3) is 0.440. The summed E-state index contributed by atoms with van der Waals surface area (Å²) in [4.78, 5) is 22.3. The Kier molecular flexibility index (Phi) is 8.56. The van der Waals surface area contributed by atoms with Crippen molar-refractivity contribution in [2.45, 2.75) is 12.8 Å². The van der Waals surface area contributed by atoms with Crippen LogP contribution < -0.4 is 19.1 Å². The topological polar surface area (TPSA) is 73.4 Å². The summed E-state index contributed by atoms with van der Waals surface area (Å²) in [6.07, 6.45) is 1.10. The predicted molar refractivity (Wildman–Crippen MR) is 134 cm³/mol. The Balaban J connectivity index is 1.50. The first-order chi connectivity index (χ1) is 16.7. The number of thiazole rings is 1. The zero-order chi connectivity index (χ0) is 23.8. The number of benzene rings is 2. The highest BCUT2D eigenvalue weighted by atomic mass is 32.1. The summed E-state index contributed by atoms with van der Waals surface area (Å²) >= 11 is 1.44. The molecule has 182 valence electrons. The van der Waals surface area contributed by atoms with Gasteiger partial charge in [0.05, 0.1) is 40.5 Å². The zero-order valence-electron chi connectivity index (χ0n) is 19.7. The second kappa shape index (κ2) is 12.0. The highest BCUT2D eigenvalue weighted by molar-refractivity contribution is 7.22. The molecule has 0 spiro atoms. The third-order valence-electron chi connectivity index (χ3n) is 5.72. The Morgan fingerprint density at radius 3 is 2.56 bits per heavy atom. The summed E-state index contributed by atoms with van der Waals surface area (Å²) in [5.41, 5.74) is 0.702. The summed E-state index contributed by atoms with van der Waals surface area (Å²) < 4.78 is 23.1. The quantitative estimate of drug-likeness (QED) is 0.409. The molecule has 1 fully saturated rings. The maximum atomic E-state index is 13.3. The summed E-state index contributed by atoms with van der Waals surface area (Å²) in [5.74, 6) is 2.11. The van der Waals surface area contributed by atoms with E-state index in [9.17, 15) is 4.79 Å². The van der Waals surface area contributed by atoms with Crippen molar-refractivity contribution < 1.29 is 23.7 Å². The van der Waals surface area contributed by atoms with E-state index in [1.807, 2.05) is 42.5 Å². The lowest BCUT2D eigenvalue weighted by Crippen LogP contribution is -2.39. The molecular formula is C25H31N3O5S. The van der Waals surface area contributed by atoms with Crippen LogP contribution in [-0.2, 0) is 9.53 Å². The molecule has 8 nitrogen and oxygen atoms in total. The first-order valence-corrected chi connectivity index (χ1v) is 12.3. The number of fused-ring (bicyclic) bond motifs is 1. The first-order valence-electron chi connectivity index (χ1n) is 11.5. The molecule has 0 atom stereocenters. The average Bonchev–Trinajstić information content (AvgIpc) is 3.32. The van der Waals surface area contributed by atoms with Crippen LogP contribution in [0.1, 0.15) is 12.8 Å². The largest absolute Gasteiger partial charge is 0.495 e. The number of amides is 1. The molecule has 0 radical (unpaired) electrons. The van der Waals surface area contributed by atoms with Crippen molar-refractivity contribution in [3.05, 3.63) is 42.5 Å². The summed E-state index contributed by atoms with van der Waals surface area (Å²) in [5, 5.41) is 0.643. The number of para-hydroxylation sites is 1. The second-order valence-corrected chi connectivity index (χ2v) is 8.89. The van der Waals surface area contributed by atoms with Gasteiger partial charge in [-0.25, -0.2) is 4.98 Å². The molecule has 1 aromatic heterocycles. The number of carbonyl (C=O) groups is 1. The van der Waals surface area contributed by atoms with Gasteiger partial charge in [0.15, 0.2) is 5.13 Å². The Bertz CT molecular complexity index is 1030. The van der Waals surface area contributed by atoms with E-state index in [1.54, 1.807) is 19.1 Å². The molecular weight excluding hydrogens is 454 g/mol. The predicted octanol–water partition coefficient (Wildman–Crippen LogP) is 3.84. The van der Waals surface area contributed by atoms with Crippen molar-refractivity contribution in [1.82, 2.24) is 9.88 Å². The van der Waals surface area contributed by atoms with Crippen LogP contribution in [0.4, 0.5) is 5.13 Å². The number of nitrogens with zero attached hydrogens (tertiary/aromatic N) is 3. The van der Waals surface area contributed by atoms with Crippen LogP contribution in [0.5, 0.6) is 17.2 Å². The van der Waals surface area contributed by atoms with Crippen LogP contribution in [0, 0.1) is 0 Å². The monoisotopic (exact) mass is 485 g/mol. The van der Waals surface area contributed by atoms with Crippen molar-refractivity contribution >= 4 is 32.6 Å². The minimum Gasteiger partial charge on any atom is -0.495 e. The van der Waals surface area contributed by atoms with Crippen LogP contribution in [-0.4, -0.2) is 76.0 Å². The van der Waals surface area contributed by atoms with Crippen molar-refractivity contribution in [3.8, 4) is 17.2 Å². The molecule has 1 amide bonds. The molecule has 0 saturated carbocycles. The smallest absolute Gasteiger partial charge is 0.232 e. The molecule has 1 saturated heterocycles. The third kappa shape index (κ3) is 5.97. The van der Waals surface area contributed by atoms with Gasteiger partial charge >= 0.3 is 0 Å². The lowest BCUT2D eigenvalue weighted by molar-refractivity contribution is -0.119. The van der Waals surface area contributed by atoms with Crippen molar-refractivity contribution in [1.29, 1.82) is 0 Å². The van der Waals surface area contributed by atoms with Crippen LogP contribution >= 0.6 is 11.3 Å². The van der Waals surface area contributed by atoms with Gasteiger partial charge in [0.1, 0.15) is 27.5 Å². The SMILES string of the molecule is COc1ccc(OC)c2sc(N(CCCN3CCOCC3)C(=O)CCOc3ccccc3)nc12. The average molecular weight is 486 g/mol. The van der Waals surface area contributed by atoms with E-state index in [4.69, 9.17) is 23.9 Å². The van der Waals surface area contributed by atoms with Crippen LogP contribution in [0.25, 0.3) is 10.2 Å². The Labute approximate surface area is 204 Å². The summed E-state index contributed by atoms with van der Waals surface area (Å²) in [6.45, 7) is 5.16. The van der Waals surface area contributed by atoms with Crippen molar-refractivity contribution in [2.75, 3.05) is 65.1 Å². The summed E-state index contributed by atoms with van der Waals surface area (Å²) in [6, 6.07) is 13.2. The molecule has 3 aromatic rings. The number of rotatable bonds is 11. The molecule has 0 aliphatic carbocycles. The molecule has 0 N–H and O–H groups in total. The van der Waals surface area contributed by atoms with Gasteiger partial charge in [0.2, 0.25) is 5.91 Å². The van der Waals surface area contributed by atoms with Gasteiger partial charge in [-0.15, -0.1) is 0 Å². The third-order valence-corrected chi connectivity index (χ3v) is 6.81. The lowest BCUT2D eigenvalue weighted by atomic mass is 10.3. The van der Waals surface area contributed by atoms with E-state index in [0.717, 1.165) is 49.7 Å². The molecule has 34 heavy (non-hydrogen) atoms. The van der Waals surface area contributed by atoms with E-state index in [0.29, 0.717) is 35.3 Å². The molecule has 4 rings (SSSR count). The molecule has 2 aromatic carbocycles. The number of carbonyl (C=O) groups excluding carboxylic acids is 1. The highest BCUT2D eigenvalue weighted by Gasteiger charge is 2.23. The summed E-state index contributed by atoms with van der Waals surface area (Å²) in [7, 11) is 3.25. The van der Waals surface area contributed by atoms with E-state index < -0.39 is 0 Å².